The third-order valence-electron chi connectivity index (χ3n) is 2.89. The van der Waals surface area contributed by atoms with Gasteiger partial charge in [-0.1, -0.05) is 0 Å². The highest BCUT2D eigenvalue weighted by Crippen LogP contribution is 2.52. The molecule has 0 aliphatic carbocycles. The number of rotatable bonds is 4. The molecule has 1 aromatic rings. The second kappa shape index (κ2) is 5.40. The number of nitro groups is 1. The van der Waals surface area contributed by atoms with Gasteiger partial charge in [-0.3, -0.25) is 24.2 Å². The van der Waals surface area contributed by atoms with Crippen molar-refractivity contribution in [3.05, 3.63) is 34.4 Å². The lowest BCUT2D eigenvalue weighted by Crippen LogP contribution is -2.47. The highest BCUT2D eigenvalue weighted by Gasteiger charge is 2.48. The zero-order valence-electron chi connectivity index (χ0n) is 11.1. The first kappa shape index (κ1) is 14.8. The lowest BCUT2D eigenvalue weighted by Gasteiger charge is -2.30. The minimum absolute atomic E-state index is 0.277. The summed E-state index contributed by atoms with van der Waals surface area (Å²) in [7, 11) is -2.04. The van der Waals surface area contributed by atoms with Crippen molar-refractivity contribution < 1.29 is 23.3 Å². The van der Waals surface area contributed by atoms with E-state index in [-0.39, 0.29) is 13.2 Å². The van der Waals surface area contributed by atoms with Gasteiger partial charge in [0, 0.05) is 17.5 Å². The van der Waals surface area contributed by atoms with Crippen LogP contribution in [0.2, 0.25) is 0 Å². The van der Waals surface area contributed by atoms with Crippen LogP contribution in [-0.2, 0) is 13.6 Å². The van der Waals surface area contributed by atoms with E-state index in [1.54, 1.807) is 24.3 Å². The van der Waals surface area contributed by atoms with Crippen LogP contribution in [0.5, 0.6) is 5.75 Å². The van der Waals surface area contributed by atoms with Gasteiger partial charge in [-0.25, -0.2) is 4.57 Å². The maximum atomic E-state index is 12.3. The zero-order valence-corrected chi connectivity index (χ0v) is 12.0. The first-order chi connectivity index (χ1) is 9.37. The molecule has 2 rings (SSSR count). The molecule has 110 valence electrons. The van der Waals surface area contributed by atoms with Crippen molar-refractivity contribution in [3.8, 4) is 5.75 Å². The molecule has 0 bridgehead atoms. The van der Waals surface area contributed by atoms with Crippen LogP contribution < -0.4 is 9.82 Å². The van der Waals surface area contributed by atoms with Crippen LogP contribution in [0.4, 0.5) is 5.69 Å². The Morgan fingerprint density at radius 1 is 1.35 bits per heavy atom. The Labute approximate surface area is 115 Å². The first-order valence-electron chi connectivity index (χ1n) is 5.83. The lowest BCUT2D eigenvalue weighted by atomic mass is 10.1. The highest BCUT2D eigenvalue weighted by atomic mass is 31.2. The third kappa shape index (κ3) is 3.09. The van der Waals surface area contributed by atoms with E-state index in [0.29, 0.717) is 11.4 Å². The molecule has 9 heteroatoms. The van der Waals surface area contributed by atoms with Crippen LogP contribution in [0.3, 0.4) is 0 Å². The molecule has 1 aromatic carbocycles. The van der Waals surface area contributed by atoms with Crippen LogP contribution in [0, 0.1) is 10.1 Å². The molecule has 8 nitrogen and oxygen atoms in total. The summed E-state index contributed by atoms with van der Waals surface area (Å²) in [5, 5.41) is 13.5. The Morgan fingerprint density at radius 2 is 1.90 bits per heavy atom. The minimum atomic E-state index is -3.57. The molecule has 0 aromatic heterocycles. The SMILES string of the molecule is COc1ccc(NP2(=O)OCC(C)([N+](=O)[O-])CO2)cc1. The molecule has 1 saturated heterocycles. The average Bonchev–Trinajstić information content (AvgIpc) is 2.43. The average molecular weight is 302 g/mol. The molecule has 0 radical (unpaired) electrons. The number of hydrogen-bond donors (Lipinski definition) is 1. The molecule has 0 atom stereocenters. The van der Waals surface area contributed by atoms with Gasteiger partial charge in [0.05, 0.1) is 7.11 Å². The standard InChI is InChI=1S/C11H15N2O6P/c1-11(13(14)15)7-18-20(16,19-8-11)12-9-3-5-10(17-2)6-4-9/h3-6H,7-8H2,1-2H3,(H,12,16). The van der Waals surface area contributed by atoms with Gasteiger partial charge in [-0.2, -0.15) is 0 Å². The van der Waals surface area contributed by atoms with Crippen molar-refractivity contribution in [1.82, 2.24) is 0 Å². The third-order valence-corrected chi connectivity index (χ3v) is 4.36. The van der Waals surface area contributed by atoms with Crippen molar-refractivity contribution in [2.24, 2.45) is 0 Å². The fraction of sp³-hybridized carbons (Fsp3) is 0.455. The Balaban J connectivity index is 2.03. The Bertz CT molecular complexity index is 534. The van der Waals surface area contributed by atoms with Crippen LogP contribution in [0.1, 0.15) is 6.92 Å². The Kier molecular flexibility index (Phi) is 3.99. The summed E-state index contributed by atoms with van der Waals surface area (Å²) in [6, 6.07) is 6.65. The molecule has 20 heavy (non-hydrogen) atoms. The van der Waals surface area contributed by atoms with Gasteiger partial charge in [0.1, 0.15) is 19.0 Å². The largest absolute Gasteiger partial charge is 0.497 e. The summed E-state index contributed by atoms with van der Waals surface area (Å²) in [5.41, 5.74) is -0.867. The van der Waals surface area contributed by atoms with E-state index in [1.807, 2.05) is 0 Å². The topological polar surface area (TPSA) is 99.9 Å². The van der Waals surface area contributed by atoms with Crippen molar-refractivity contribution in [3.63, 3.8) is 0 Å². The van der Waals surface area contributed by atoms with Crippen LogP contribution in [-0.4, -0.2) is 30.8 Å². The fourth-order valence-corrected chi connectivity index (χ4v) is 3.09. The number of hydrogen-bond acceptors (Lipinski definition) is 6. The monoisotopic (exact) mass is 302 g/mol. The fourth-order valence-electron chi connectivity index (χ4n) is 1.52. The van der Waals surface area contributed by atoms with E-state index in [1.165, 1.54) is 14.0 Å². The summed E-state index contributed by atoms with van der Waals surface area (Å²) < 4.78 is 27.4. The van der Waals surface area contributed by atoms with E-state index in [4.69, 9.17) is 13.8 Å². The predicted octanol–water partition coefficient (Wildman–Crippen LogP) is 2.30. The highest BCUT2D eigenvalue weighted by molar-refractivity contribution is 7.55. The zero-order chi connectivity index (χ0) is 14.8. The molecule has 1 fully saturated rings. The van der Waals surface area contributed by atoms with Gasteiger partial charge >= 0.3 is 7.75 Å². The number of nitrogens with one attached hydrogen (secondary N) is 1. The van der Waals surface area contributed by atoms with Crippen molar-refractivity contribution in [2.45, 2.75) is 12.5 Å². The van der Waals surface area contributed by atoms with E-state index < -0.39 is 18.2 Å². The van der Waals surface area contributed by atoms with Gasteiger partial charge in [0.15, 0.2) is 0 Å². The maximum absolute atomic E-state index is 12.3. The quantitative estimate of drug-likeness (QED) is 0.517. The number of methoxy groups -OCH3 is 1. The van der Waals surface area contributed by atoms with Crippen LogP contribution in [0.15, 0.2) is 24.3 Å². The lowest BCUT2D eigenvalue weighted by molar-refractivity contribution is -0.572. The predicted molar refractivity (Wildman–Crippen MR) is 71.5 cm³/mol. The van der Waals surface area contributed by atoms with E-state index in [2.05, 4.69) is 5.09 Å². The summed E-state index contributed by atoms with van der Waals surface area (Å²) in [4.78, 5) is 10.3. The number of benzene rings is 1. The van der Waals surface area contributed by atoms with Gasteiger partial charge < -0.3 is 4.74 Å². The molecule has 1 aliphatic heterocycles. The van der Waals surface area contributed by atoms with Gasteiger partial charge in [-0.05, 0) is 24.3 Å². The van der Waals surface area contributed by atoms with E-state index >= 15 is 0 Å². The smallest absolute Gasteiger partial charge is 0.433 e. The molecule has 0 amide bonds. The van der Waals surface area contributed by atoms with Gasteiger partial charge in [0.2, 0.25) is 0 Å². The second-order valence-corrected chi connectivity index (χ2v) is 6.37. The van der Waals surface area contributed by atoms with Crippen molar-refractivity contribution in [1.29, 1.82) is 0 Å². The molecule has 0 spiro atoms. The Hall–Kier alpha value is -1.63. The molecule has 0 saturated carbocycles. The van der Waals surface area contributed by atoms with Gasteiger partial charge in [0.25, 0.3) is 5.54 Å². The molecule has 1 heterocycles. The summed E-state index contributed by atoms with van der Waals surface area (Å²) in [5.74, 6) is 0.653. The number of nitrogens with zero attached hydrogens (tertiary/aromatic N) is 1. The summed E-state index contributed by atoms with van der Waals surface area (Å²) in [6.45, 7) is 0.824. The number of anilines is 1. The van der Waals surface area contributed by atoms with E-state index in [9.17, 15) is 14.7 Å². The summed E-state index contributed by atoms with van der Waals surface area (Å²) in [6.07, 6.45) is 0. The maximum Gasteiger partial charge on any atom is 0.433 e. The summed E-state index contributed by atoms with van der Waals surface area (Å²) >= 11 is 0. The van der Waals surface area contributed by atoms with Crippen LogP contribution in [0.25, 0.3) is 0 Å². The first-order valence-corrected chi connectivity index (χ1v) is 7.37. The molecule has 1 aliphatic rings. The molecular formula is C11H15N2O6P. The van der Waals surface area contributed by atoms with Gasteiger partial charge in [-0.15, -0.1) is 0 Å². The second-order valence-electron chi connectivity index (χ2n) is 4.64. The van der Waals surface area contributed by atoms with Crippen molar-refractivity contribution in [2.75, 3.05) is 25.4 Å². The normalized spacial score (nSPS) is 29.7. The number of ether oxygens (including phenoxy) is 1. The van der Waals surface area contributed by atoms with Crippen molar-refractivity contribution >= 4 is 13.4 Å². The van der Waals surface area contributed by atoms with E-state index in [0.717, 1.165) is 0 Å². The molecular weight excluding hydrogens is 287 g/mol. The minimum Gasteiger partial charge on any atom is -0.497 e. The molecule has 1 N–H and O–H groups in total. The van der Waals surface area contributed by atoms with Crippen LogP contribution >= 0.6 is 7.75 Å². The Morgan fingerprint density at radius 3 is 2.35 bits per heavy atom. The molecule has 0 unspecified atom stereocenters.